The molecule has 0 aromatic carbocycles. The van der Waals surface area contributed by atoms with Crippen molar-refractivity contribution in [3.63, 3.8) is 0 Å². The lowest BCUT2D eigenvalue weighted by Crippen LogP contribution is -1.96. The molecule has 0 bridgehead atoms. The second-order valence-corrected chi connectivity index (χ2v) is 3.04. The van der Waals surface area contributed by atoms with Gasteiger partial charge in [-0.25, -0.2) is 0 Å². The summed E-state index contributed by atoms with van der Waals surface area (Å²) in [6.45, 7) is 6.08. The Labute approximate surface area is 96.1 Å². The molecule has 4 heteroatoms. The van der Waals surface area contributed by atoms with Gasteiger partial charge in [-0.05, 0) is 6.42 Å². The minimum atomic E-state index is 0.909. The molecular formula is C12H18N4. The Balaban J connectivity index is 0.000000606. The molecule has 1 N–H and O–H groups in total. The number of nitrogens with one attached hydrogen (secondary N) is 1. The fourth-order valence-corrected chi connectivity index (χ4v) is 1.53. The number of nitrogens with zero attached hydrogens (tertiary/aromatic N) is 3. The molecule has 0 spiro atoms. The number of rotatable bonds is 2. The van der Waals surface area contributed by atoms with E-state index in [0.717, 1.165) is 28.6 Å². The summed E-state index contributed by atoms with van der Waals surface area (Å²) >= 11 is 0. The molecule has 0 saturated carbocycles. The molecular weight excluding hydrogens is 200 g/mol. The van der Waals surface area contributed by atoms with E-state index in [1.54, 1.807) is 12.4 Å². The number of aromatic nitrogens is 3. The van der Waals surface area contributed by atoms with E-state index in [2.05, 4.69) is 27.4 Å². The van der Waals surface area contributed by atoms with E-state index in [1.165, 1.54) is 0 Å². The van der Waals surface area contributed by atoms with Crippen LogP contribution < -0.4 is 5.32 Å². The predicted molar refractivity (Wildman–Crippen MR) is 67.6 cm³/mol. The van der Waals surface area contributed by atoms with Crippen molar-refractivity contribution in [2.45, 2.75) is 27.2 Å². The average molecular weight is 218 g/mol. The largest absolute Gasteiger partial charge is 0.386 e. The van der Waals surface area contributed by atoms with Crippen molar-refractivity contribution in [3.05, 3.63) is 24.3 Å². The van der Waals surface area contributed by atoms with E-state index >= 15 is 0 Å². The van der Waals surface area contributed by atoms with Crippen LogP contribution in [0.15, 0.2) is 18.6 Å². The minimum Gasteiger partial charge on any atom is -0.386 e. The third-order valence-electron chi connectivity index (χ3n) is 2.29. The van der Waals surface area contributed by atoms with E-state index in [9.17, 15) is 0 Å². The van der Waals surface area contributed by atoms with Crippen molar-refractivity contribution in [1.82, 2.24) is 15.2 Å². The van der Waals surface area contributed by atoms with Crippen molar-refractivity contribution in [1.29, 1.82) is 0 Å². The third-order valence-corrected chi connectivity index (χ3v) is 2.29. The first-order valence-corrected chi connectivity index (χ1v) is 5.62. The van der Waals surface area contributed by atoms with Crippen LogP contribution in [-0.4, -0.2) is 22.2 Å². The molecule has 4 nitrogen and oxygen atoms in total. The summed E-state index contributed by atoms with van der Waals surface area (Å²) in [4.78, 5) is 4.37. The zero-order valence-electron chi connectivity index (χ0n) is 10.3. The van der Waals surface area contributed by atoms with Crippen LogP contribution in [0, 0.1) is 0 Å². The number of pyridine rings is 1. The van der Waals surface area contributed by atoms with Gasteiger partial charge in [0, 0.05) is 23.5 Å². The van der Waals surface area contributed by atoms with Gasteiger partial charge in [-0.1, -0.05) is 20.8 Å². The maximum atomic E-state index is 4.37. The molecule has 0 unspecified atom stereocenters. The zero-order valence-corrected chi connectivity index (χ0v) is 10.3. The Bertz CT molecular complexity index is 411. The Hall–Kier alpha value is -1.71. The van der Waals surface area contributed by atoms with Crippen molar-refractivity contribution < 1.29 is 0 Å². The van der Waals surface area contributed by atoms with Crippen LogP contribution in [0.2, 0.25) is 0 Å². The van der Waals surface area contributed by atoms with Gasteiger partial charge in [0.2, 0.25) is 0 Å². The molecule has 2 heterocycles. The molecule has 86 valence electrons. The zero-order chi connectivity index (χ0) is 12.0. The van der Waals surface area contributed by atoms with Crippen LogP contribution in [0.1, 0.15) is 26.5 Å². The molecule has 0 radical (unpaired) electrons. The predicted octanol–water partition coefficient (Wildman–Crippen LogP) is 2.66. The fraction of sp³-hybridized carbons (Fsp3) is 0.417. The molecule has 0 atom stereocenters. The minimum absolute atomic E-state index is 0.909. The maximum absolute atomic E-state index is 4.37. The second-order valence-electron chi connectivity index (χ2n) is 3.04. The lowest BCUT2D eigenvalue weighted by atomic mass is 10.1. The molecule has 0 aliphatic heterocycles. The summed E-state index contributed by atoms with van der Waals surface area (Å²) in [5.41, 5.74) is 2.06. The average Bonchev–Trinajstić information content (AvgIpc) is 2.39. The SMILES string of the molecule is CC.CCc1ncc(NC)c2cnncc12. The quantitative estimate of drug-likeness (QED) is 0.842. The summed E-state index contributed by atoms with van der Waals surface area (Å²) in [5.74, 6) is 0. The lowest BCUT2D eigenvalue weighted by Gasteiger charge is -2.07. The summed E-state index contributed by atoms with van der Waals surface area (Å²) in [7, 11) is 1.88. The monoisotopic (exact) mass is 218 g/mol. The standard InChI is InChI=1S/C10H12N4.C2H6/c1-3-9-7-4-13-14-5-8(7)10(11-2)6-12-9;1-2/h4-6,11H,3H2,1-2H3;1-2H3. The number of hydrogen-bond donors (Lipinski definition) is 1. The highest BCUT2D eigenvalue weighted by Crippen LogP contribution is 2.22. The molecule has 0 aliphatic carbocycles. The van der Waals surface area contributed by atoms with Crippen molar-refractivity contribution in [2.75, 3.05) is 12.4 Å². The summed E-state index contributed by atoms with van der Waals surface area (Å²) < 4.78 is 0. The highest BCUT2D eigenvalue weighted by atomic mass is 15.1. The van der Waals surface area contributed by atoms with Gasteiger partial charge in [0.25, 0.3) is 0 Å². The van der Waals surface area contributed by atoms with Crippen LogP contribution in [0.3, 0.4) is 0 Å². The molecule has 0 amide bonds. The molecule has 0 aliphatic rings. The van der Waals surface area contributed by atoms with Gasteiger partial charge in [0.15, 0.2) is 0 Å². The normalized spacial score (nSPS) is 9.50. The molecule has 2 aromatic rings. The number of fused-ring (bicyclic) bond motifs is 1. The van der Waals surface area contributed by atoms with E-state index in [1.807, 2.05) is 27.1 Å². The van der Waals surface area contributed by atoms with Gasteiger partial charge in [0.1, 0.15) is 0 Å². The molecule has 0 saturated heterocycles. The first-order valence-electron chi connectivity index (χ1n) is 5.62. The van der Waals surface area contributed by atoms with Gasteiger partial charge in [0.05, 0.1) is 24.3 Å². The van der Waals surface area contributed by atoms with Gasteiger partial charge in [-0.3, -0.25) is 4.98 Å². The van der Waals surface area contributed by atoms with Crippen molar-refractivity contribution in [2.24, 2.45) is 0 Å². The van der Waals surface area contributed by atoms with E-state index < -0.39 is 0 Å². The highest BCUT2D eigenvalue weighted by molar-refractivity contribution is 5.93. The highest BCUT2D eigenvalue weighted by Gasteiger charge is 2.04. The smallest absolute Gasteiger partial charge is 0.0620 e. The van der Waals surface area contributed by atoms with Crippen LogP contribution in [-0.2, 0) is 6.42 Å². The Morgan fingerprint density at radius 3 is 2.25 bits per heavy atom. The first-order chi connectivity index (χ1) is 7.86. The number of hydrogen-bond acceptors (Lipinski definition) is 4. The van der Waals surface area contributed by atoms with Crippen LogP contribution in [0.25, 0.3) is 10.8 Å². The van der Waals surface area contributed by atoms with Crippen molar-refractivity contribution >= 4 is 16.5 Å². The van der Waals surface area contributed by atoms with Crippen LogP contribution in [0.4, 0.5) is 5.69 Å². The van der Waals surface area contributed by atoms with Gasteiger partial charge >= 0.3 is 0 Å². The van der Waals surface area contributed by atoms with E-state index in [-0.39, 0.29) is 0 Å². The van der Waals surface area contributed by atoms with Crippen LogP contribution in [0.5, 0.6) is 0 Å². The first kappa shape index (κ1) is 12.4. The Kier molecular flexibility index (Phi) is 4.64. The molecule has 2 rings (SSSR count). The Morgan fingerprint density at radius 1 is 1.06 bits per heavy atom. The fourth-order valence-electron chi connectivity index (χ4n) is 1.53. The second kappa shape index (κ2) is 6.00. The van der Waals surface area contributed by atoms with Crippen LogP contribution >= 0.6 is 0 Å². The molecule has 16 heavy (non-hydrogen) atoms. The third kappa shape index (κ3) is 2.27. The summed E-state index contributed by atoms with van der Waals surface area (Å²) in [6.07, 6.45) is 6.28. The van der Waals surface area contributed by atoms with Gasteiger partial charge in [-0.15, -0.1) is 0 Å². The van der Waals surface area contributed by atoms with E-state index in [4.69, 9.17) is 0 Å². The molecule has 2 aromatic heterocycles. The maximum Gasteiger partial charge on any atom is 0.0620 e. The topological polar surface area (TPSA) is 50.7 Å². The van der Waals surface area contributed by atoms with Crippen molar-refractivity contribution in [3.8, 4) is 0 Å². The summed E-state index contributed by atoms with van der Waals surface area (Å²) in [6, 6.07) is 0. The Morgan fingerprint density at radius 2 is 1.69 bits per heavy atom. The number of anilines is 1. The van der Waals surface area contributed by atoms with Gasteiger partial charge < -0.3 is 5.32 Å². The lowest BCUT2D eigenvalue weighted by molar-refractivity contribution is 1.02. The number of aryl methyl sites for hydroxylation is 1. The molecule has 0 fully saturated rings. The van der Waals surface area contributed by atoms with Gasteiger partial charge in [-0.2, -0.15) is 10.2 Å². The summed E-state index contributed by atoms with van der Waals surface area (Å²) in [5, 5.41) is 13.0. The van der Waals surface area contributed by atoms with E-state index in [0.29, 0.717) is 0 Å².